The number of carbonyl (C=O) groups is 2. The molecule has 1 heterocycles. The summed E-state index contributed by atoms with van der Waals surface area (Å²) < 4.78 is 10.7. The van der Waals surface area contributed by atoms with Crippen LogP contribution in [0.4, 0.5) is 0 Å². The lowest BCUT2D eigenvalue weighted by atomic mass is 9.76. The molecule has 0 spiro atoms. The fourth-order valence-electron chi connectivity index (χ4n) is 4.72. The zero-order valence-corrected chi connectivity index (χ0v) is 14.2. The van der Waals surface area contributed by atoms with Crippen molar-refractivity contribution in [2.75, 3.05) is 0 Å². The topological polar surface area (TPSA) is 113 Å². The Hall–Kier alpha value is -1.44. The summed E-state index contributed by atoms with van der Waals surface area (Å²) in [7, 11) is 0. The van der Waals surface area contributed by atoms with Gasteiger partial charge >= 0.3 is 11.9 Å². The first-order valence-corrected chi connectivity index (χ1v) is 8.23. The van der Waals surface area contributed by atoms with E-state index in [4.69, 9.17) is 9.47 Å². The van der Waals surface area contributed by atoms with Gasteiger partial charge in [-0.05, 0) is 25.8 Å². The molecule has 1 saturated heterocycles. The fourth-order valence-corrected chi connectivity index (χ4v) is 4.72. The van der Waals surface area contributed by atoms with Crippen LogP contribution in [0.2, 0.25) is 0 Å². The summed E-state index contributed by atoms with van der Waals surface area (Å²) in [5.74, 6) is -2.75. The molecule has 0 amide bonds. The molecule has 0 radical (unpaired) electrons. The number of carbonyl (C=O) groups excluding carboxylic acids is 2. The van der Waals surface area contributed by atoms with E-state index in [-0.39, 0.29) is 6.42 Å². The zero-order valence-electron chi connectivity index (χ0n) is 14.2. The molecule has 134 valence electrons. The molecule has 1 aliphatic heterocycles. The molecule has 24 heavy (non-hydrogen) atoms. The number of aliphatic hydroxyl groups excluding tert-OH is 2. The third-order valence-electron chi connectivity index (χ3n) is 5.80. The van der Waals surface area contributed by atoms with E-state index in [1.807, 2.05) is 0 Å². The third kappa shape index (κ3) is 2.29. The van der Waals surface area contributed by atoms with Crippen LogP contribution in [0.25, 0.3) is 0 Å². The van der Waals surface area contributed by atoms with Crippen molar-refractivity contribution in [1.29, 1.82) is 0 Å². The number of hydrogen-bond donors (Lipinski definition) is 3. The second kappa shape index (κ2) is 5.54. The monoisotopic (exact) mass is 340 g/mol. The molecular formula is C17H24O7. The number of esters is 2. The van der Waals surface area contributed by atoms with Crippen LogP contribution in [-0.2, 0) is 19.1 Å². The van der Waals surface area contributed by atoms with Crippen molar-refractivity contribution in [3.63, 3.8) is 0 Å². The van der Waals surface area contributed by atoms with Crippen LogP contribution in [0, 0.1) is 17.8 Å². The quantitative estimate of drug-likeness (QED) is 0.452. The third-order valence-corrected chi connectivity index (χ3v) is 5.80. The molecule has 7 nitrogen and oxygen atoms in total. The molecule has 0 aromatic heterocycles. The molecular weight excluding hydrogens is 316 g/mol. The number of hydrogen-bond acceptors (Lipinski definition) is 7. The highest BCUT2D eigenvalue weighted by atomic mass is 16.6. The first kappa shape index (κ1) is 17.4. The highest BCUT2D eigenvalue weighted by Crippen LogP contribution is 2.53. The summed E-state index contributed by atoms with van der Waals surface area (Å²) in [5, 5.41) is 32.3. The summed E-state index contributed by atoms with van der Waals surface area (Å²) in [6, 6.07) is 0. The Bertz CT molecular complexity index is 608. The van der Waals surface area contributed by atoms with Crippen molar-refractivity contribution >= 4 is 11.9 Å². The molecule has 7 heteroatoms. The van der Waals surface area contributed by atoms with Gasteiger partial charge in [-0.1, -0.05) is 12.5 Å². The van der Waals surface area contributed by atoms with Crippen molar-refractivity contribution in [2.45, 2.75) is 64.1 Å². The molecule has 0 aromatic rings. The van der Waals surface area contributed by atoms with E-state index in [9.17, 15) is 24.9 Å². The smallest absolute Gasteiger partial charge is 0.309 e. The zero-order chi connectivity index (χ0) is 18.0. The van der Waals surface area contributed by atoms with E-state index in [1.54, 1.807) is 13.8 Å². The van der Waals surface area contributed by atoms with Crippen molar-refractivity contribution < 1.29 is 34.4 Å². The van der Waals surface area contributed by atoms with Gasteiger partial charge in [-0.25, -0.2) is 0 Å². The van der Waals surface area contributed by atoms with Crippen LogP contribution in [0.3, 0.4) is 0 Å². The molecule has 8 unspecified atom stereocenters. The normalized spacial score (nSPS) is 47.8. The van der Waals surface area contributed by atoms with Crippen LogP contribution in [0.1, 0.15) is 34.1 Å². The van der Waals surface area contributed by atoms with Gasteiger partial charge in [0, 0.05) is 12.8 Å². The van der Waals surface area contributed by atoms with Gasteiger partial charge in [0.1, 0.15) is 17.8 Å². The number of aliphatic hydroxyl groups is 3. The predicted octanol–water partition coefficient (Wildman–Crippen LogP) is -0.0814. The minimum Gasteiger partial charge on any atom is -0.461 e. The maximum Gasteiger partial charge on any atom is 0.309 e. The standard InChI is InChI=1S/C17H24O7/c1-6-5-9(19)11-7(2)16(21)24-14(11)12-10(6)13(20)15(17(12,4)22)23-8(3)18/h7,9,11-15,19-20,22H,5H2,1-4H3. The van der Waals surface area contributed by atoms with Crippen LogP contribution < -0.4 is 0 Å². The van der Waals surface area contributed by atoms with E-state index in [0.29, 0.717) is 5.57 Å². The van der Waals surface area contributed by atoms with Crippen LogP contribution in [0.5, 0.6) is 0 Å². The fraction of sp³-hybridized carbons (Fsp3) is 0.765. The molecule has 3 rings (SSSR count). The summed E-state index contributed by atoms with van der Waals surface area (Å²) in [6.07, 6.45) is -3.64. The van der Waals surface area contributed by atoms with Crippen molar-refractivity contribution in [3.8, 4) is 0 Å². The minimum atomic E-state index is -1.61. The summed E-state index contributed by atoms with van der Waals surface area (Å²) in [5.41, 5.74) is -0.383. The minimum absolute atomic E-state index is 0.272. The Balaban J connectivity index is 2.11. The average molecular weight is 340 g/mol. The molecule has 0 aromatic carbocycles. The molecule has 0 bridgehead atoms. The van der Waals surface area contributed by atoms with Crippen molar-refractivity contribution in [3.05, 3.63) is 11.1 Å². The maximum absolute atomic E-state index is 12.0. The van der Waals surface area contributed by atoms with Gasteiger partial charge in [0.2, 0.25) is 0 Å². The van der Waals surface area contributed by atoms with E-state index < -0.39 is 59.7 Å². The van der Waals surface area contributed by atoms with Gasteiger partial charge < -0.3 is 24.8 Å². The number of ether oxygens (including phenoxy) is 2. The molecule has 2 aliphatic carbocycles. The summed E-state index contributed by atoms with van der Waals surface area (Å²) >= 11 is 0. The van der Waals surface area contributed by atoms with Crippen LogP contribution in [0.15, 0.2) is 11.1 Å². The Labute approximate surface area is 140 Å². The first-order valence-electron chi connectivity index (χ1n) is 8.23. The summed E-state index contributed by atoms with van der Waals surface area (Å²) in [4.78, 5) is 23.4. The molecule has 2 fully saturated rings. The lowest BCUT2D eigenvalue weighted by molar-refractivity contribution is -0.174. The molecule has 3 aliphatic rings. The Morgan fingerprint density at radius 1 is 1.38 bits per heavy atom. The van der Waals surface area contributed by atoms with E-state index in [0.717, 1.165) is 5.57 Å². The van der Waals surface area contributed by atoms with Gasteiger partial charge in [-0.3, -0.25) is 9.59 Å². The van der Waals surface area contributed by atoms with Gasteiger partial charge in [-0.2, -0.15) is 0 Å². The van der Waals surface area contributed by atoms with Crippen molar-refractivity contribution in [2.24, 2.45) is 17.8 Å². The maximum atomic E-state index is 12.0. The lowest BCUT2D eigenvalue weighted by Crippen LogP contribution is -2.50. The average Bonchev–Trinajstić information content (AvgIpc) is 2.79. The van der Waals surface area contributed by atoms with Gasteiger partial charge in [0.25, 0.3) is 0 Å². The van der Waals surface area contributed by atoms with Crippen LogP contribution in [-0.4, -0.2) is 57.3 Å². The number of fused-ring (bicyclic) bond motifs is 3. The van der Waals surface area contributed by atoms with Crippen molar-refractivity contribution in [1.82, 2.24) is 0 Å². The first-order chi connectivity index (χ1) is 11.1. The molecule has 8 atom stereocenters. The Kier molecular flexibility index (Phi) is 4.01. The van der Waals surface area contributed by atoms with E-state index in [2.05, 4.69) is 0 Å². The Morgan fingerprint density at radius 3 is 2.58 bits per heavy atom. The SMILES string of the molecule is CC(=O)OC1C(O)C2=C(C)CC(O)C3C(C)C(=O)OC3C2C1(C)O. The van der Waals surface area contributed by atoms with Gasteiger partial charge in [-0.15, -0.1) is 0 Å². The largest absolute Gasteiger partial charge is 0.461 e. The van der Waals surface area contributed by atoms with Gasteiger partial charge in [0.05, 0.1) is 17.9 Å². The second-order valence-corrected chi connectivity index (χ2v) is 7.45. The number of rotatable bonds is 1. The van der Waals surface area contributed by atoms with E-state index >= 15 is 0 Å². The van der Waals surface area contributed by atoms with E-state index in [1.165, 1.54) is 13.8 Å². The van der Waals surface area contributed by atoms with Gasteiger partial charge in [0.15, 0.2) is 6.10 Å². The Morgan fingerprint density at radius 2 is 2.00 bits per heavy atom. The lowest BCUT2D eigenvalue weighted by Gasteiger charge is -2.35. The second-order valence-electron chi connectivity index (χ2n) is 7.45. The molecule has 3 N–H and O–H groups in total. The highest BCUT2D eigenvalue weighted by Gasteiger charge is 2.65. The predicted molar refractivity (Wildman–Crippen MR) is 81.5 cm³/mol. The van der Waals surface area contributed by atoms with Crippen LogP contribution >= 0.6 is 0 Å². The summed E-state index contributed by atoms with van der Waals surface area (Å²) in [6.45, 7) is 6.15. The highest BCUT2D eigenvalue weighted by molar-refractivity contribution is 5.75. The molecule has 1 saturated carbocycles.